The van der Waals surface area contributed by atoms with E-state index in [4.69, 9.17) is 0 Å². The van der Waals surface area contributed by atoms with Crippen LogP contribution in [0.15, 0.2) is 12.4 Å². The summed E-state index contributed by atoms with van der Waals surface area (Å²) in [5.41, 5.74) is 1.73. The summed E-state index contributed by atoms with van der Waals surface area (Å²) in [5, 5.41) is 11.4. The molecule has 21 heavy (non-hydrogen) atoms. The van der Waals surface area contributed by atoms with Gasteiger partial charge in [0.25, 0.3) is 5.91 Å². The van der Waals surface area contributed by atoms with E-state index in [0.717, 1.165) is 42.2 Å². The lowest BCUT2D eigenvalue weighted by atomic mass is 10.1. The van der Waals surface area contributed by atoms with Gasteiger partial charge in [-0.2, -0.15) is 5.10 Å². The zero-order chi connectivity index (χ0) is 14.8. The Morgan fingerprint density at radius 1 is 1.57 bits per heavy atom. The van der Waals surface area contributed by atoms with Gasteiger partial charge in [-0.25, -0.2) is 4.98 Å². The van der Waals surface area contributed by atoms with Crippen molar-refractivity contribution >= 4 is 17.2 Å². The van der Waals surface area contributed by atoms with Gasteiger partial charge in [0.1, 0.15) is 9.88 Å². The minimum Gasteiger partial charge on any atom is -0.347 e. The highest BCUT2D eigenvalue weighted by Crippen LogP contribution is 2.27. The van der Waals surface area contributed by atoms with Crippen LogP contribution >= 0.6 is 11.3 Å². The van der Waals surface area contributed by atoms with Gasteiger partial charge < -0.3 is 10.6 Å². The second kappa shape index (κ2) is 5.95. The van der Waals surface area contributed by atoms with Gasteiger partial charge in [0, 0.05) is 31.4 Å². The number of nitrogens with zero attached hydrogens (tertiary/aromatic N) is 3. The van der Waals surface area contributed by atoms with Gasteiger partial charge in [-0.1, -0.05) is 0 Å². The van der Waals surface area contributed by atoms with E-state index >= 15 is 0 Å². The zero-order valence-electron chi connectivity index (χ0n) is 12.2. The molecule has 3 heterocycles. The topological polar surface area (TPSA) is 71.8 Å². The molecule has 1 atom stereocenters. The molecule has 3 rings (SSSR count). The van der Waals surface area contributed by atoms with Gasteiger partial charge in [-0.3, -0.25) is 9.48 Å². The lowest BCUT2D eigenvalue weighted by Gasteiger charge is -2.23. The molecule has 6 nitrogen and oxygen atoms in total. The SMILES string of the molecule is Cc1nc(-c2cnn(C)c2)sc1C(=O)NC1CCCNC1. The minimum absolute atomic E-state index is 0.0196. The number of rotatable bonds is 3. The van der Waals surface area contributed by atoms with E-state index in [0.29, 0.717) is 4.88 Å². The van der Waals surface area contributed by atoms with Crippen molar-refractivity contribution in [3.63, 3.8) is 0 Å². The summed E-state index contributed by atoms with van der Waals surface area (Å²) in [6.45, 7) is 3.76. The van der Waals surface area contributed by atoms with E-state index in [2.05, 4.69) is 20.7 Å². The molecule has 0 aromatic carbocycles. The number of piperidine rings is 1. The van der Waals surface area contributed by atoms with Gasteiger partial charge in [0.15, 0.2) is 0 Å². The van der Waals surface area contributed by atoms with Crippen LogP contribution in [-0.4, -0.2) is 39.8 Å². The molecular formula is C14H19N5OS. The molecule has 1 fully saturated rings. The summed E-state index contributed by atoms with van der Waals surface area (Å²) in [4.78, 5) is 17.6. The highest BCUT2D eigenvalue weighted by molar-refractivity contribution is 7.17. The van der Waals surface area contributed by atoms with Crippen LogP contribution in [0.3, 0.4) is 0 Å². The molecule has 1 aliphatic rings. The maximum Gasteiger partial charge on any atom is 0.263 e. The van der Waals surface area contributed by atoms with Crippen LogP contribution in [0.2, 0.25) is 0 Å². The summed E-state index contributed by atoms with van der Waals surface area (Å²) in [6, 6.07) is 0.217. The summed E-state index contributed by atoms with van der Waals surface area (Å²) in [7, 11) is 1.87. The Labute approximate surface area is 127 Å². The fourth-order valence-corrected chi connectivity index (χ4v) is 3.43. The summed E-state index contributed by atoms with van der Waals surface area (Å²) in [6.07, 6.45) is 5.82. The molecule has 2 N–H and O–H groups in total. The number of carbonyl (C=O) groups excluding carboxylic acids is 1. The number of amides is 1. The number of aromatic nitrogens is 3. The average Bonchev–Trinajstić information content (AvgIpc) is 3.06. The van der Waals surface area contributed by atoms with Crippen LogP contribution in [-0.2, 0) is 7.05 Å². The van der Waals surface area contributed by atoms with Gasteiger partial charge in [-0.15, -0.1) is 11.3 Å². The first-order valence-corrected chi connectivity index (χ1v) is 7.93. The van der Waals surface area contributed by atoms with Crippen molar-refractivity contribution in [2.75, 3.05) is 13.1 Å². The smallest absolute Gasteiger partial charge is 0.263 e. The fraction of sp³-hybridized carbons (Fsp3) is 0.500. The van der Waals surface area contributed by atoms with Crippen LogP contribution in [0, 0.1) is 6.92 Å². The standard InChI is InChI=1S/C14H19N5OS/c1-9-12(13(20)18-11-4-3-5-15-7-11)21-14(17-9)10-6-16-19(2)8-10/h6,8,11,15H,3-5,7H2,1-2H3,(H,18,20). The van der Waals surface area contributed by atoms with Crippen molar-refractivity contribution in [3.8, 4) is 10.6 Å². The minimum atomic E-state index is -0.0196. The number of hydrogen-bond acceptors (Lipinski definition) is 5. The Bertz CT molecular complexity index is 642. The fourth-order valence-electron chi connectivity index (χ4n) is 2.49. The maximum atomic E-state index is 12.4. The predicted octanol–water partition coefficient (Wildman–Crippen LogP) is 1.33. The Morgan fingerprint density at radius 2 is 2.43 bits per heavy atom. The van der Waals surface area contributed by atoms with Crippen LogP contribution in [0.1, 0.15) is 28.2 Å². The van der Waals surface area contributed by atoms with Gasteiger partial charge in [0.05, 0.1) is 11.9 Å². The number of thiazole rings is 1. The normalized spacial score (nSPS) is 18.7. The molecular weight excluding hydrogens is 286 g/mol. The molecule has 1 amide bonds. The van der Waals surface area contributed by atoms with Crippen LogP contribution in [0.25, 0.3) is 10.6 Å². The third kappa shape index (κ3) is 3.14. The Hall–Kier alpha value is -1.73. The highest BCUT2D eigenvalue weighted by Gasteiger charge is 2.21. The number of aryl methyl sites for hydroxylation is 2. The van der Waals surface area contributed by atoms with Crippen molar-refractivity contribution in [2.45, 2.75) is 25.8 Å². The third-order valence-electron chi connectivity index (χ3n) is 3.59. The molecule has 0 saturated carbocycles. The monoisotopic (exact) mass is 305 g/mol. The quantitative estimate of drug-likeness (QED) is 0.897. The second-order valence-electron chi connectivity index (χ2n) is 5.35. The molecule has 0 bridgehead atoms. The Balaban J connectivity index is 1.75. The largest absolute Gasteiger partial charge is 0.347 e. The molecule has 112 valence electrons. The average molecular weight is 305 g/mol. The molecule has 0 aliphatic carbocycles. The van der Waals surface area contributed by atoms with Crippen LogP contribution in [0.4, 0.5) is 0 Å². The van der Waals surface area contributed by atoms with Crippen LogP contribution < -0.4 is 10.6 Å². The van der Waals surface area contributed by atoms with E-state index in [9.17, 15) is 4.79 Å². The first-order valence-electron chi connectivity index (χ1n) is 7.11. The van der Waals surface area contributed by atoms with Crippen LogP contribution in [0.5, 0.6) is 0 Å². The number of carbonyl (C=O) groups is 1. The van der Waals surface area contributed by atoms with Crippen molar-refractivity contribution in [3.05, 3.63) is 23.0 Å². The Kier molecular flexibility index (Phi) is 4.03. The summed E-state index contributed by atoms with van der Waals surface area (Å²) < 4.78 is 1.74. The lowest BCUT2D eigenvalue weighted by molar-refractivity contribution is 0.0934. The van der Waals surface area contributed by atoms with Crippen molar-refractivity contribution in [1.29, 1.82) is 0 Å². The first-order chi connectivity index (χ1) is 10.1. The van der Waals surface area contributed by atoms with E-state index in [1.165, 1.54) is 11.3 Å². The Morgan fingerprint density at radius 3 is 3.10 bits per heavy atom. The van der Waals surface area contributed by atoms with Crippen molar-refractivity contribution < 1.29 is 4.79 Å². The molecule has 2 aromatic rings. The zero-order valence-corrected chi connectivity index (χ0v) is 13.0. The van der Waals surface area contributed by atoms with E-state index in [1.54, 1.807) is 10.9 Å². The summed E-state index contributed by atoms with van der Waals surface area (Å²) >= 11 is 1.43. The van der Waals surface area contributed by atoms with Gasteiger partial charge in [-0.05, 0) is 26.3 Å². The first kappa shape index (κ1) is 14.2. The van der Waals surface area contributed by atoms with E-state index in [-0.39, 0.29) is 11.9 Å². The molecule has 2 aromatic heterocycles. The number of nitrogens with one attached hydrogen (secondary N) is 2. The predicted molar refractivity (Wildman–Crippen MR) is 82.4 cm³/mol. The van der Waals surface area contributed by atoms with Gasteiger partial charge in [0.2, 0.25) is 0 Å². The maximum absolute atomic E-state index is 12.4. The van der Waals surface area contributed by atoms with Crippen molar-refractivity contribution in [2.24, 2.45) is 7.05 Å². The van der Waals surface area contributed by atoms with Crippen molar-refractivity contribution in [1.82, 2.24) is 25.4 Å². The van der Waals surface area contributed by atoms with Gasteiger partial charge >= 0.3 is 0 Å². The lowest BCUT2D eigenvalue weighted by Crippen LogP contribution is -2.45. The molecule has 1 unspecified atom stereocenters. The number of hydrogen-bond donors (Lipinski definition) is 2. The van der Waals surface area contributed by atoms with E-state index < -0.39 is 0 Å². The highest BCUT2D eigenvalue weighted by atomic mass is 32.1. The third-order valence-corrected chi connectivity index (χ3v) is 4.79. The van der Waals surface area contributed by atoms with E-state index in [1.807, 2.05) is 20.2 Å². The molecule has 0 spiro atoms. The molecule has 1 aliphatic heterocycles. The molecule has 1 saturated heterocycles. The molecule has 7 heteroatoms. The molecule has 0 radical (unpaired) electrons. The second-order valence-corrected chi connectivity index (χ2v) is 6.35. The summed E-state index contributed by atoms with van der Waals surface area (Å²) in [5.74, 6) is -0.0196.